The molecule has 0 spiro atoms. The summed E-state index contributed by atoms with van der Waals surface area (Å²) in [5.41, 5.74) is 1.48. The highest BCUT2D eigenvalue weighted by Crippen LogP contribution is 2.46. The van der Waals surface area contributed by atoms with Crippen LogP contribution in [0.15, 0.2) is 15.0 Å². The fourth-order valence-corrected chi connectivity index (χ4v) is 4.73. The first-order valence-corrected chi connectivity index (χ1v) is 11.7. The molecule has 2 N–H and O–H groups in total. The number of nitrogens with zero attached hydrogens (tertiary/aromatic N) is 2. The van der Waals surface area contributed by atoms with Crippen LogP contribution in [0.25, 0.3) is 0 Å². The predicted molar refractivity (Wildman–Crippen MR) is 112 cm³/mol. The van der Waals surface area contributed by atoms with Gasteiger partial charge in [0.25, 0.3) is 11.1 Å². The van der Waals surface area contributed by atoms with E-state index < -0.39 is 0 Å². The lowest BCUT2D eigenvalue weighted by atomic mass is 10.1. The third-order valence-electron chi connectivity index (χ3n) is 4.72. The maximum atomic E-state index is 12.4. The molecule has 0 unspecified atom stereocenters. The molecule has 1 atom stereocenters. The lowest BCUT2D eigenvalue weighted by molar-refractivity contribution is -0.894. The summed E-state index contributed by atoms with van der Waals surface area (Å²) in [6, 6.07) is 0.129. The van der Waals surface area contributed by atoms with Crippen molar-refractivity contribution in [1.82, 2.24) is 10.2 Å². The molecule has 1 saturated carbocycles. The van der Waals surface area contributed by atoms with E-state index in [2.05, 4.69) is 22.4 Å². The van der Waals surface area contributed by atoms with E-state index in [4.69, 9.17) is 9.15 Å². The zero-order chi connectivity index (χ0) is 21.0. The van der Waals surface area contributed by atoms with Crippen molar-refractivity contribution >= 4 is 40.0 Å². The third-order valence-corrected chi connectivity index (χ3v) is 6.45. The van der Waals surface area contributed by atoms with Crippen molar-refractivity contribution in [1.29, 1.82) is 0 Å². The zero-order valence-corrected chi connectivity index (χ0v) is 18.7. The van der Waals surface area contributed by atoms with Gasteiger partial charge >= 0.3 is 5.97 Å². The van der Waals surface area contributed by atoms with Gasteiger partial charge in [0.15, 0.2) is 6.04 Å². The van der Waals surface area contributed by atoms with E-state index in [1.54, 1.807) is 6.92 Å². The van der Waals surface area contributed by atoms with E-state index in [-0.39, 0.29) is 23.7 Å². The molecular weight excluding hydrogens is 412 g/mol. The van der Waals surface area contributed by atoms with Crippen LogP contribution in [0.4, 0.5) is 5.00 Å². The number of hydrogen-bond donors (Lipinski definition) is 2. The van der Waals surface area contributed by atoms with Gasteiger partial charge in [0.05, 0.1) is 32.0 Å². The second-order valence-corrected chi connectivity index (χ2v) is 8.98. The summed E-state index contributed by atoms with van der Waals surface area (Å²) in [6.07, 6.45) is 3.02. The van der Waals surface area contributed by atoms with Gasteiger partial charge < -0.3 is 19.4 Å². The Morgan fingerprint density at radius 1 is 1.38 bits per heavy atom. The van der Waals surface area contributed by atoms with Crippen molar-refractivity contribution < 1.29 is 23.6 Å². The Hall–Kier alpha value is -1.91. The quantitative estimate of drug-likeness (QED) is 0.433. The molecule has 8 nitrogen and oxygen atoms in total. The van der Waals surface area contributed by atoms with Crippen LogP contribution >= 0.6 is 23.1 Å². The fourth-order valence-electron chi connectivity index (χ4n) is 3.11. The van der Waals surface area contributed by atoms with Gasteiger partial charge in [-0.25, -0.2) is 4.79 Å². The molecule has 2 heterocycles. The van der Waals surface area contributed by atoms with Gasteiger partial charge in [0.2, 0.25) is 5.91 Å². The topological polar surface area (TPSA) is 98.8 Å². The van der Waals surface area contributed by atoms with Crippen LogP contribution in [0.3, 0.4) is 0 Å². The van der Waals surface area contributed by atoms with Gasteiger partial charge in [-0.2, -0.15) is 0 Å². The monoisotopic (exact) mass is 439 g/mol. The predicted octanol–water partition coefficient (Wildman–Crippen LogP) is 2.51. The molecule has 3 rings (SSSR count). The van der Waals surface area contributed by atoms with E-state index >= 15 is 0 Å². The van der Waals surface area contributed by atoms with Gasteiger partial charge in [-0.1, -0.05) is 18.7 Å². The molecule has 2 aromatic heterocycles. The lowest BCUT2D eigenvalue weighted by Crippen LogP contribution is -3.06. The number of carbonyl (C=O) groups excluding carboxylic acids is 2. The number of hydrogen-bond acceptors (Lipinski definition) is 8. The molecule has 1 aliphatic rings. The number of thiophene rings is 1. The van der Waals surface area contributed by atoms with Gasteiger partial charge in [-0.3, -0.25) is 4.79 Å². The van der Waals surface area contributed by atoms with E-state index in [9.17, 15) is 9.59 Å². The second kappa shape index (κ2) is 9.73. The minimum absolute atomic E-state index is 0.117. The van der Waals surface area contributed by atoms with E-state index in [1.165, 1.54) is 28.0 Å². The Bertz CT molecular complexity index is 860. The summed E-state index contributed by atoms with van der Waals surface area (Å²) in [6.45, 7) is 4.14. The molecule has 0 aromatic carbocycles. The Morgan fingerprint density at radius 3 is 2.76 bits per heavy atom. The number of thioether (sulfide) groups is 1. The van der Waals surface area contributed by atoms with Crippen molar-refractivity contribution in [2.24, 2.45) is 0 Å². The van der Waals surface area contributed by atoms with Crippen LogP contribution < -0.4 is 10.2 Å². The van der Waals surface area contributed by atoms with Gasteiger partial charge in [0.1, 0.15) is 5.00 Å². The van der Waals surface area contributed by atoms with E-state index in [1.807, 2.05) is 19.5 Å². The van der Waals surface area contributed by atoms with Crippen LogP contribution in [-0.2, 0) is 9.53 Å². The highest BCUT2D eigenvalue weighted by atomic mass is 32.2. The maximum absolute atomic E-state index is 12.4. The van der Waals surface area contributed by atoms with Crippen LogP contribution in [0.1, 0.15) is 66.9 Å². The molecule has 0 saturated heterocycles. The maximum Gasteiger partial charge on any atom is 0.341 e. The number of carbonyl (C=O) groups is 2. The van der Waals surface area contributed by atoms with E-state index in [0.717, 1.165) is 24.8 Å². The van der Waals surface area contributed by atoms with Gasteiger partial charge in [-0.15, -0.1) is 21.5 Å². The van der Waals surface area contributed by atoms with Crippen LogP contribution in [0.2, 0.25) is 0 Å². The zero-order valence-electron chi connectivity index (χ0n) is 17.1. The standard InChI is InChI=1S/C19H26N4O4S2/c1-5-13(23(3)4)16-21-22-19(27-16)29-10-14(24)20-17-15(18(25)26-6-2)12(9-28-17)11-7-8-11/h9,11,13H,5-8,10H2,1-4H3,(H,20,24)/p+1/t13-/m1/s1. The van der Waals surface area contributed by atoms with Crippen molar-refractivity contribution in [3.63, 3.8) is 0 Å². The minimum Gasteiger partial charge on any atom is -0.462 e. The molecule has 1 amide bonds. The summed E-state index contributed by atoms with van der Waals surface area (Å²) >= 11 is 2.55. The Morgan fingerprint density at radius 2 is 2.14 bits per heavy atom. The highest BCUT2D eigenvalue weighted by molar-refractivity contribution is 7.99. The van der Waals surface area contributed by atoms with Crippen LogP contribution in [0, 0.1) is 0 Å². The summed E-state index contributed by atoms with van der Waals surface area (Å²) in [5, 5.41) is 13.9. The summed E-state index contributed by atoms with van der Waals surface area (Å²) < 4.78 is 10.9. The number of nitrogens with one attached hydrogen (secondary N) is 2. The fraction of sp³-hybridized carbons (Fsp3) is 0.579. The smallest absolute Gasteiger partial charge is 0.341 e. The summed E-state index contributed by atoms with van der Waals surface area (Å²) in [5.74, 6) is 0.485. The van der Waals surface area contributed by atoms with Crippen molar-refractivity contribution in [3.8, 4) is 0 Å². The van der Waals surface area contributed by atoms with Crippen LogP contribution in [-0.4, -0.2) is 48.5 Å². The van der Waals surface area contributed by atoms with E-state index in [0.29, 0.717) is 34.2 Å². The Labute approximate surface area is 178 Å². The number of quaternary nitrogens is 1. The molecule has 2 aromatic rings. The second-order valence-electron chi connectivity index (χ2n) is 7.17. The van der Waals surface area contributed by atoms with Gasteiger partial charge in [-0.05, 0) is 36.6 Å². The summed E-state index contributed by atoms with van der Waals surface area (Å²) in [7, 11) is 4.08. The first-order valence-electron chi connectivity index (χ1n) is 9.79. The Balaban J connectivity index is 1.62. The number of esters is 1. The first-order chi connectivity index (χ1) is 13.9. The van der Waals surface area contributed by atoms with Crippen molar-refractivity contribution in [2.75, 3.05) is 31.8 Å². The number of anilines is 1. The van der Waals surface area contributed by atoms with Crippen molar-refractivity contribution in [3.05, 3.63) is 22.4 Å². The van der Waals surface area contributed by atoms with Gasteiger partial charge in [0, 0.05) is 6.42 Å². The average molecular weight is 440 g/mol. The minimum atomic E-state index is -0.378. The third kappa shape index (κ3) is 5.37. The highest BCUT2D eigenvalue weighted by Gasteiger charge is 2.32. The molecule has 1 aliphatic carbocycles. The molecule has 29 heavy (non-hydrogen) atoms. The molecule has 0 bridgehead atoms. The number of amides is 1. The SMILES string of the molecule is CCOC(=O)c1c(C2CC2)csc1NC(=O)CSc1nnc([C@@H](CC)[NH+](C)C)o1. The average Bonchev–Trinajstić information content (AvgIpc) is 3.27. The molecular formula is C19H27N4O4S2+. The summed E-state index contributed by atoms with van der Waals surface area (Å²) in [4.78, 5) is 26.0. The lowest BCUT2D eigenvalue weighted by Gasteiger charge is -2.15. The Kier molecular flexibility index (Phi) is 7.31. The first kappa shape index (κ1) is 21.8. The number of ether oxygens (including phenoxy) is 1. The largest absolute Gasteiger partial charge is 0.462 e. The molecule has 0 radical (unpaired) electrons. The number of aromatic nitrogens is 2. The normalized spacial score (nSPS) is 14.8. The molecule has 10 heteroatoms. The van der Waals surface area contributed by atoms with Crippen molar-refractivity contribution in [2.45, 2.75) is 50.3 Å². The molecule has 0 aliphatic heterocycles. The molecule has 158 valence electrons. The number of rotatable bonds is 10. The molecule has 1 fully saturated rings. The van der Waals surface area contributed by atoms with Crippen LogP contribution in [0.5, 0.6) is 0 Å².